The van der Waals surface area contributed by atoms with Crippen LogP contribution in [0.5, 0.6) is 0 Å². The maximum Gasteiger partial charge on any atom is 0.260 e. The highest BCUT2D eigenvalue weighted by Gasteiger charge is 2.31. The Balaban J connectivity index is 2.11. The molecule has 6 nitrogen and oxygen atoms in total. The van der Waals surface area contributed by atoms with E-state index in [0.717, 1.165) is 0 Å². The molecule has 1 aromatic rings. The van der Waals surface area contributed by atoms with Crippen molar-refractivity contribution in [3.63, 3.8) is 0 Å². The molecule has 0 saturated heterocycles. The molecule has 1 aliphatic rings. The largest absolute Gasteiger partial charge is 0.750 e. The molecule has 1 heterocycles. The van der Waals surface area contributed by atoms with Crippen molar-refractivity contribution in [2.24, 2.45) is 0 Å². The van der Waals surface area contributed by atoms with Gasteiger partial charge >= 0.3 is 0 Å². The lowest BCUT2D eigenvalue weighted by Gasteiger charge is -2.16. The lowest BCUT2D eigenvalue weighted by molar-refractivity contribution is 0.0843. The van der Waals surface area contributed by atoms with Crippen molar-refractivity contribution >= 4 is 23.1 Å². The van der Waals surface area contributed by atoms with Crippen molar-refractivity contribution in [3.8, 4) is 0 Å². The van der Waals surface area contributed by atoms with Crippen LogP contribution in [0.1, 0.15) is 15.9 Å². The minimum Gasteiger partial charge on any atom is -0.750 e. The van der Waals surface area contributed by atoms with Gasteiger partial charge in [0.15, 0.2) is 0 Å². The molecule has 1 aliphatic heterocycles. The fourth-order valence-corrected chi connectivity index (χ4v) is 1.89. The maximum absolute atomic E-state index is 11.9. The average Bonchev–Trinajstić information content (AvgIpc) is 2.54. The summed E-state index contributed by atoms with van der Waals surface area (Å²) in [6.45, 7) is -0.113. The number of rotatable bonds is 4. The first-order valence-corrected chi connectivity index (χ1v) is 5.83. The van der Waals surface area contributed by atoms with Crippen LogP contribution in [0.25, 0.3) is 0 Å². The molecule has 90 valence electrons. The summed E-state index contributed by atoms with van der Waals surface area (Å²) in [5.41, 5.74) is 1.02. The molecule has 1 unspecified atom stereocenters. The van der Waals surface area contributed by atoms with E-state index in [4.69, 9.17) is 5.41 Å². The summed E-state index contributed by atoms with van der Waals surface area (Å²) in [5, 5.41) is 7.80. The molecule has 0 radical (unpaired) electrons. The summed E-state index contributed by atoms with van der Waals surface area (Å²) < 4.78 is 24.7. The van der Waals surface area contributed by atoms with E-state index in [9.17, 15) is 13.6 Å². The second-order valence-corrected chi connectivity index (χ2v) is 4.02. The lowest BCUT2D eigenvalue weighted by Crippen LogP contribution is -2.33. The SMILES string of the molecule is N=C1c2ccccc2C(=O)N1CCOS(=O)[O-]. The Labute approximate surface area is 100 Å². The smallest absolute Gasteiger partial charge is 0.260 e. The van der Waals surface area contributed by atoms with Crippen LogP contribution < -0.4 is 0 Å². The minimum absolute atomic E-state index is 0.0420. The molecule has 0 spiro atoms. The Hall–Kier alpha value is -1.57. The summed E-state index contributed by atoms with van der Waals surface area (Å²) >= 11 is -2.60. The summed E-state index contributed by atoms with van der Waals surface area (Å²) in [5.74, 6) is -0.225. The third-order valence-electron chi connectivity index (χ3n) is 2.42. The van der Waals surface area contributed by atoms with E-state index in [1.807, 2.05) is 0 Å². The van der Waals surface area contributed by atoms with Crippen LogP contribution in [0.2, 0.25) is 0 Å². The van der Waals surface area contributed by atoms with Crippen molar-refractivity contribution in [2.75, 3.05) is 13.2 Å². The summed E-state index contributed by atoms with van der Waals surface area (Å²) in [7, 11) is 0. The first kappa shape index (κ1) is 11.9. The Bertz CT molecular complexity index is 468. The summed E-state index contributed by atoms with van der Waals surface area (Å²) in [4.78, 5) is 13.1. The van der Waals surface area contributed by atoms with Crippen molar-refractivity contribution < 1.29 is 17.7 Å². The van der Waals surface area contributed by atoms with E-state index in [0.29, 0.717) is 11.1 Å². The zero-order valence-corrected chi connectivity index (χ0v) is 9.53. The molecule has 0 fully saturated rings. The number of benzene rings is 1. The molecular weight excluding hydrogens is 244 g/mol. The van der Waals surface area contributed by atoms with Crippen LogP contribution in [0.4, 0.5) is 0 Å². The molecule has 0 aliphatic carbocycles. The third kappa shape index (κ3) is 2.26. The van der Waals surface area contributed by atoms with Crippen molar-refractivity contribution in [3.05, 3.63) is 35.4 Å². The predicted octanol–water partition coefficient (Wildman–Crippen LogP) is 0.278. The van der Waals surface area contributed by atoms with Crippen molar-refractivity contribution in [2.45, 2.75) is 0 Å². The number of nitrogens with zero attached hydrogens (tertiary/aromatic N) is 1. The highest BCUT2D eigenvalue weighted by Crippen LogP contribution is 2.21. The standard InChI is InChI=1S/C10H10N2O4S/c11-9-7-3-1-2-4-8(7)10(13)12(9)5-6-16-17(14)15/h1-4,11H,5-6H2,(H,14,15)/p-1. The first-order valence-electron chi connectivity index (χ1n) is 4.83. The number of carbonyl (C=O) groups is 1. The molecule has 1 atom stereocenters. The molecule has 0 aromatic heterocycles. The predicted molar refractivity (Wildman–Crippen MR) is 59.2 cm³/mol. The number of hydrogen-bond donors (Lipinski definition) is 1. The van der Waals surface area contributed by atoms with Gasteiger partial charge in [0, 0.05) is 5.56 Å². The van der Waals surface area contributed by atoms with Crippen LogP contribution in [0.3, 0.4) is 0 Å². The van der Waals surface area contributed by atoms with Crippen LogP contribution in [-0.2, 0) is 15.5 Å². The third-order valence-corrected chi connectivity index (χ3v) is 2.78. The monoisotopic (exact) mass is 253 g/mol. The molecule has 17 heavy (non-hydrogen) atoms. The van der Waals surface area contributed by atoms with Gasteiger partial charge in [-0.2, -0.15) is 0 Å². The van der Waals surface area contributed by atoms with E-state index in [1.165, 1.54) is 4.90 Å². The Morgan fingerprint density at radius 2 is 2.00 bits per heavy atom. The van der Waals surface area contributed by atoms with Gasteiger partial charge in [0.05, 0.1) is 30.1 Å². The van der Waals surface area contributed by atoms with Gasteiger partial charge in [-0.25, -0.2) is 4.21 Å². The molecule has 1 N–H and O–H groups in total. The highest BCUT2D eigenvalue weighted by atomic mass is 32.2. The molecule has 0 saturated carbocycles. The second-order valence-electron chi connectivity index (χ2n) is 3.38. The fourth-order valence-electron chi connectivity index (χ4n) is 1.68. The number of amides is 1. The van der Waals surface area contributed by atoms with Crippen molar-refractivity contribution in [1.82, 2.24) is 4.90 Å². The van der Waals surface area contributed by atoms with E-state index < -0.39 is 11.4 Å². The average molecular weight is 253 g/mol. The van der Waals surface area contributed by atoms with Crippen LogP contribution in [0, 0.1) is 5.41 Å². The quantitative estimate of drug-likeness (QED) is 0.780. The van der Waals surface area contributed by atoms with Crippen LogP contribution in [-0.4, -0.2) is 38.6 Å². The zero-order valence-electron chi connectivity index (χ0n) is 8.71. The molecule has 1 amide bonds. The molecule has 7 heteroatoms. The Morgan fingerprint density at radius 3 is 2.59 bits per heavy atom. The van der Waals surface area contributed by atoms with E-state index >= 15 is 0 Å². The van der Waals surface area contributed by atoms with E-state index in [1.54, 1.807) is 24.3 Å². The number of hydrogen-bond acceptors (Lipinski definition) is 5. The highest BCUT2D eigenvalue weighted by molar-refractivity contribution is 7.74. The first-order chi connectivity index (χ1) is 8.11. The van der Waals surface area contributed by atoms with Gasteiger partial charge in [0.25, 0.3) is 5.91 Å². The maximum atomic E-state index is 11.9. The molecule has 2 rings (SSSR count). The summed E-state index contributed by atoms with van der Waals surface area (Å²) in [6.07, 6.45) is 0. The van der Waals surface area contributed by atoms with Gasteiger partial charge in [0.2, 0.25) is 0 Å². The fraction of sp³-hybridized carbons (Fsp3) is 0.200. The van der Waals surface area contributed by atoms with Crippen molar-refractivity contribution in [1.29, 1.82) is 5.41 Å². The minimum atomic E-state index is -2.60. The zero-order chi connectivity index (χ0) is 12.4. The van der Waals surface area contributed by atoms with E-state index in [2.05, 4.69) is 4.18 Å². The van der Waals surface area contributed by atoms with E-state index in [-0.39, 0.29) is 24.9 Å². The number of amidine groups is 1. The lowest BCUT2D eigenvalue weighted by atomic mass is 10.1. The topological polar surface area (TPSA) is 93.5 Å². The molecule has 1 aromatic carbocycles. The number of carbonyl (C=O) groups excluding carboxylic acids is 1. The number of fused-ring (bicyclic) bond motifs is 1. The van der Waals surface area contributed by atoms with Gasteiger partial charge in [-0.1, -0.05) is 18.2 Å². The van der Waals surface area contributed by atoms with Gasteiger partial charge in [-0.3, -0.25) is 19.3 Å². The van der Waals surface area contributed by atoms with Gasteiger partial charge < -0.3 is 4.55 Å². The second kappa shape index (κ2) is 4.74. The Kier molecular flexibility index (Phi) is 3.32. The summed E-state index contributed by atoms with van der Waals surface area (Å²) in [6, 6.07) is 6.78. The molecule has 0 bridgehead atoms. The normalized spacial score (nSPS) is 16.2. The van der Waals surface area contributed by atoms with Gasteiger partial charge in [-0.05, 0) is 6.07 Å². The van der Waals surface area contributed by atoms with Crippen LogP contribution >= 0.6 is 0 Å². The van der Waals surface area contributed by atoms with Crippen LogP contribution in [0.15, 0.2) is 24.3 Å². The number of nitrogens with one attached hydrogen (secondary N) is 1. The van der Waals surface area contributed by atoms with Gasteiger partial charge in [0.1, 0.15) is 5.84 Å². The Morgan fingerprint density at radius 1 is 1.35 bits per heavy atom. The van der Waals surface area contributed by atoms with Gasteiger partial charge in [-0.15, -0.1) is 0 Å². The molecular formula is C10H9N2O4S-.